The molecule has 0 spiro atoms. The summed E-state index contributed by atoms with van der Waals surface area (Å²) in [7, 11) is 0. The van der Waals surface area contributed by atoms with Crippen molar-refractivity contribution in [3.63, 3.8) is 0 Å². The van der Waals surface area contributed by atoms with Crippen molar-refractivity contribution in [1.82, 2.24) is 0 Å². The van der Waals surface area contributed by atoms with Crippen LogP contribution in [0.2, 0.25) is 0 Å². The van der Waals surface area contributed by atoms with Crippen molar-refractivity contribution in [2.75, 3.05) is 0 Å². The third-order valence-corrected chi connectivity index (χ3v) is 2.88. The Morgan fingerprint density at radius 1 is 1.18 bits per heavy atom. The third kappa shape index (κ3) is 5.44. The Morgan fingerprint density at radius 3 is 2.12 bits per heavy atom. The van der Waals surface area contributed by atoms with Crippen LogP contribution in [0.5, 0.6) is 5.75 Å². The highest BCUT2D eigenvalue weighted by molar-refractivity contribution is 9.09. The van der Waals surface area contributed by atoms with E-state index in [0.29, 0.717) is 11.3 Å². The Labute approximate surface area is 107 Å². The zero-order valence-corrected chi connectivity index (χ0v) is 11.2. The van der Waals surface area contributed by atoms with Gasteiger partial charge >= 0.3 is 6.18 Å². The number of halogens is 4. The maximum absolute atomic E-state index is 12.2. The highest BCUT2D eigenvalue weighted by atomic mass is 79.9. The number of hydrogen-bond acceptors (Lipinski definition) is 1. The van der Waals surface area contributed by atoms with Gasteiger partial charge in [0, 0.05) is 4.83 Å². The lowest BCUT2D eigenvalue weighted by Gasteiger charge is -2.14. The predicted molar refractivity (Wildman–Crippen MR) is 64.5 cm³/mol. The number of alkyl halides is 4. The fraction of sp³-hybridized carbons (Fsp3) is 0.500. The minimum Gasteiger partial charge on any atom is -0.491 e. The molecule has 0 saturated heterocycles. The van der Waals surface area contributed by atoms with Gasteiger partial charge in [0.2, 0.25) is 0 Å². The number of rotatable bonds is 4. The van der Waals surface area contributed by atoms with Gasteiger partial charge in [-0.05, 0) is 31.5 Å². The molecule has 1 aromatic carbocycles. The molecule has 0 aromatic heterocycles. The van der Waals surface area contributed by atoms with Crippen molar-refractivity contribution in [3.8, 4) is 5.75 Å². The zero-order chi connectivity index (χ0) is 13.1. The molecule has 1 nitrogen and oxygen atoms in total. The molecule has 0 bridgehead atoms. The van der Waals surface area contributed by atoms with Crippen LogP contribution in [0.1, 0.15) is 30.7 Å². The van der Waals surface area contributed by atoms with Crippen molar-refractivity contribution < 1.29 is 17.9 Å². The molecule has 0 radical (unpaired) electrons. The Morgan fingerprint density at radius 2 is 1.71 bits per heavy atom. The highest BCUT2D eigenvalue weighted by Gasteiger charge is 2.31. The van der Waals surface area contributed by atoms with Crippen LogP contribution < -0.4 is 4.74 Å². The van der Waals surface area contributed by atoms with Gasteiger partial charge < -0.3 is 4.74 Å². The Hall–Kier alpha value is -0.710. The molecule has 1 unspecified atom stereocenters. The topological polar surface area (TPSA) is 9.23 Å². The first kappa shape index (κ1) is 14.4. The van der Waals surface area contributed by atoms with Crippen molar-refractivity contribution in [1.29, 1.82) is 0 Å². The monoisotopic (exact) mass is 310 g/mol. The lowest BCUT2D eigenvalue weighted by molar-refractivity contribution is -0.134. The van der Waals surface area contributed by atoms with Gasteiger partial charge in [0.25, 0.3) is 0 Å². The van der Waals surface area contributed by atoms with Crippen LogP contribution in [-0.4, -0.2) is 12.3 Å². The molecule has 0 saturated carbocycles. The lowest BCUT2D eigenvalue weighted by atomic mass is 10.1. The number of hydrogen-bond donors (Lipinski definition) is 0. The normalized spacial score (nSPS) is 13.8. The van der Waals surface area contributed by atoms with Crippen LogP contribution >= 0.6 is 15.9 Å². The smallest absolute Gasteiger partial charge is 0.390 e. The maximum Gasteiger partial charge on any atom is 0.390 e. The van der Waals surface area contributed by atoms with E-state index in [4.69, 9.17) is 4.74 Å². The fourth-order valence-electron chi connectivity index (χ4n) is 1.35. The Bertz CT molecular complexity index is 346. The summed E-state index contributed by atoms with van der Waals surface area (Å²) in [4.78, 5) is -0.712. The second-order valence-corrected chi connectivity index (χ2v) is 5.13. The molecule has 1 rings (SSSR count). The molecular weight excluding hydrogens is 297 g/mol. The van der Waals surface area contributed by atoms with E-state index in [9.17, 15) is 13.2 Å². The molecule has 0 heterocycles. The van der Waals surface area contributed by atoms with Crippen LogP contribution in [0.3, 0.4) is 0 Å². The van der Waals surface area contributed by atoms with Gasteiger partial charge in [-0.25, -0.2) is 0 Å². The van der Waals surface area contributed by atoms with E-state index in [1.807, 2.05) is 13.8 Å². The SMILES string of the molecule is CC(C)Oc1ccc(C(Br)CC(F)(F)F)cc1. The molecule has 0 aliphatic heterocycles. The minimum absolute atomic E-state index is 0.0517. The summed E-state index contributed by atoms with van der Waals surface area (Å²) in [5.74, 6) is 0.662. The molecule has 0 aliphatic rings. The van der Waals surface area contributed by atoms with Crippen LogP contribution in [-0.2, 0) is 0 Å². The van der Waals surface area contributed by atoms with Crippen LogP contribution in [0, 0.1) is 0 Å². The Balaban J connectivity index is 2.67. The summed E-state index contributed by atoms with van der Waals surface area (Å²) in [5, 5.41) is 0. The van der Waals surface area contributed by atoms with Gasteiger partial charge in [0.15, 0.2) is 0 Å². The van der Waals surface area contributed by atoms with Crippen LogP contribution in [0.4, 0.5) is 13.2 Å². The Kier molecular flexibility index (Phi) is 4.86. The summed E-state index contributed by atoms with van der Waals surface area (Å²) in [6.45, 7) is 3.79. The number of benzene rings is 1. The summed E-state index contributed by atoms with van der Waals surface area (Å²) < 4.78 is 42.0. The van der Waals surface area contributed by atoms with E-state index in [-0.39, 0.29) is 6.10 Å². The first-order valence-electron chi connectivity index (χ1n) is 5.25. The van der Waals surface area contributed by atoms with Crippen molar-refractivity contribution in [2.24, 2.45) is 0 Å². The van der Waals surface area contributed by atoms with Crippen LogP contribution in [0.25, 0.3) is 0 Å². The summed E-state index contributed by atoms with van der Waals surface area (Å²) in [6, 6.07) is 6.64. The molecule has 0 amide bonds. The second kappa shape index (κ2) is 5.76. The van der Waals surface area contributed by atoms with Gasteiger partial charge in [-0.15, -0.1) is 0 Å². The first-order valence-corrected chi connectivity index (χ1v) is 6.17. The average Bonchev–Trinajstić information content (AvgIpc) is 2.15. The van der Waals surface area contributed by atoms with Gasteiger partial charge in [-0.3, -0.25) is 0 Å². The minimum atomic E-state index is -4.17. The standard InChI is InChI=1S/C12H14BrF3O/c1-8(2)17-10-5-3-9(4-6-10)11(13)7-12(14,15)16/h3-6,8,11H,7H2,1-2H3. The molecule has 17 heavy (non-hydrogen) atoms. The summed E-state index contributed by atoms with van der Waals surface area (Å²) >= 11 is 3.04. The van der Waals surface area contributed by atoms with E-state index >= 15 is 0 Å². The van der Waals surface area contributed by atoms with E-state index in [1.165, 1.54) is 0 Å². The van der Waals surface area contributed by atoms with Crippen molar-refractivity contribution >= 4 is 15.9 Å². The molecule has 1 aromatic rings. The van der Waals surface area contributed by atoms with Crippen molar-refractivity contribution in [3.05, 3.63) is 29.8 Å². The van der Waals surface area contributed by atoms with Crippen molar-refractivity contribution in [2.45, 2.75) is 37.4 Å². The van der Waals surface area contributed by atoms with E-state index in [2.05, 4.69) is 15.9 Å². The average molecular weight is 311 g/mol. The van der Waals surface area contributed by atoms with Gasteiger partial charge in [-0.2, -0.15) is 13.2 Å². The molecule has 0 aliphatic carbocycles. The van der Waals surface area contributed by atoms with E-state index in [1.54, 1.807) is 24.3 Å². The third-order valence-electron chi connectivity index (χ3n) is 2.02. The summed E-state index contributed by atoms with van der Waals surface area (Å²) in [6.07, 6.45) is -4.99. The molecule has 0 fully saturated rings. The maximum atomic E-state index is 12.2. The largest absolute Gasteiger partial charge is 0.491 e. The first-order chi connectivity index (χ1) is 7.78. The highest BCUT2D eigenvalue weighted by Crippen LogP contribution is 2.35. The fourth-order valence-corrected chi connectivity index (χ4v) is 2.02. The molecular formula is C12H14BrF3O. The van der Waals surface area contributed by atoms with Gasteiger partial charge in [0.1, 0.15) is 5.75 Å². The molecule has 96 valence electrons. The van der Waals surface area contributed by atoms with E-state index < -0.39 is 17.4 Å². The van der Waals surface area contributed by atoms with Crippen LogP contribution in [0.15, 0.2) is 24.3 Å². The lowest BCUT2D eigenvalue weighted by Crippen LogP contribution is -2.10. The summed E-state index contributed by atoms with van der Waals surface area (Å²) in [5.41, 5.74) is 0.596. The molecule has 1 atom stereocenters. The second-order valence-electron chi connectivity index (χ2n) is 4.02. The molecule has 0 N–H and O–H groups in total. The zero-order valence-electron chi connectivity index (χ0n) is 9.59. The van der Waals surface area contributed by atoms with Gasteiger partial charge in [0.05, 0.1) is 12.5 Å². The number of ether oxygens (including phenoxy) is 1. The quantitative estimate of drug-likeness (QED) is 0.721. The van der Waals surface area contributed by atoms with Gasteiger partial charge in [-0.1, -0.05) is 28.1 Å². The van der Waals surface area contributed by atoms with E-state index in [0.717, 1.165) is 0 Å². The molecule has 5 heteroatoms. The predicted octanol–water partition coefficient (Wildman–Crippen LogP) is 4.86.